The number of nitrogens with one attached hydrogen (secondary N) is 2. The molecule has 9 heteroatoms. The van der Waals surface area contributed by atoms with Crippen LogP contribution in [0.4, 0.5) is 24.5 Å². The van der Waals surface area contributed by atoms with Crippen LogP contribution in [0, 0.1) is 6.92 Å². The summed E-state index contributed by atoms with van der Waals surface area (Å²) in [5.74, 6) is -0.490. The predicted molar refractivity (Wildman–Crippen MR) is 154 cm³/mol. The molecule has 1 saturated heterocycles. The van der Waals surface area contributed by atoms with E-state index in [0.717, 1.165) is 83.0 Å². The molecule has 1 aromatic heterocycles. The van der Waals surface area contributed by atoms with Gasteiger partial charge in [0.1, 0.15) is 0 Å². The van der Waals surface area contributed by atoms with Gasteiger partial charge in [-0.05, 0) is 78.2 Å². The fraction of sp³-hybridized carbons (Fsp3) is 0.188. The van der Waals surface area contributed by atoms with Gasteiger partial charge in [0.05, 0.1) is 30.0 Å². The lowest BCUT2D eigenvalue weighted by molar-refractivity contribution is -0.137. The molecule has 0 saturated carbocycles. The maximum atomic E-state index is 13.1. The van der Waals surface area contributed by atoms with E-state index in [-0.39, 0.29) is 5.69 Å². The lowest BCUT2D eigenvalue weighted by Crippen LogP contribution is -2.36. The third-order valence-corrected chi connectivity index (χ3v) is 7.34. The van der Waals surface area contributed by atoms with Gasteiger partial charge in [-0.15, -0.1) is 0 Å². The van der Waals surface area contributed by atoms with E-state index in [2.05, 4.69) is 44.7 Å². The standard InChI is InChI=1S/C32H27F3N4O2/c1-20-5-6-23(31(40)36-25-4-2-3-24(19-25)32(33,34)35)17-28(20)22-9-12-27-29(18-22)37-38-30(27)21-7-10-26(11-8-21)39-13-15-41-16-14-39/h2-12,17-19H,13-16H2,1H3,(H,36,40)(H,37,38). The summed E-state index contributed by atoms with van der Waals surface area (Å²) in [5.41, 5.74) is 6.16. The van der Waals surface area contributed by atoms with Crippen LogP contribution in [0.2, 0.25) is 0 Å². The van der Waals surface area contributed by atoms with Crippen LogP contribution in [0.3, 0.4) is 0 Å². The normalized spacial score (nSPS) is 13.9. The fourth-order valence-electron chi connectivity index (χ4n) is 5.11. The summed E-state index contributed by atoms with van der Waals surface area (Å²) < 4.78 is 44.7. The Labute approximate surface area is 234 Å². The number of aromatic nitrogens is 2. The van der Waals surface area contributed by atoms with Crippen molar-refractivity contribution in [2.75, 3.05) is 36.5 Å². The lowest BCUT2D eigenvalue weighted by atomic mass is 9.96. The van der Waals surface area contributed by atoms with E-state index in [1.54, 1.807) is 12.1 Å². The second-order valence-electron chi connectivity index (χ2n) is 10.0. The number of benzene rings is 4. The van der Waals surface area contributed by atoms with Crippen molar-refractivity contribution in [3.05, 3.63) is 102 Å². The van der Waals surface area contributed by atoms with Crippen LogP contribution < -0.4 is 10.2 Å². The van der Waals surface area contributed by atoms with E-state index >= 15 is 0 Å². The lowest BCUT2D eigenvalue weighted by Gasteiger charge is -2.28. The molecule has 2 heterocycles. The number of aromatic amines is 1. The summed E-state index contributed by atoms with van der Waals surface area (Å²) in [5, 5.41) is 11.3. The van der Waals surface area contributed by atoms with Crippen molar-refractivity contribution < 1.29 is 22.7 Å². The minimum Gasteiger partial charge on any atom is -0.378 e. The Morgan fingerprint density at radius 3 is 2.44 bits per heavy atom. The highest BCUT2D eigenvalue weighted by Crippen LogP contribution is 2.33. The van der Waals surface area contributed by atoms with E-state index in [1.165, 1.54) is 12.1 Å². The zero-order valence-corrected chi connectivity index (χ0v) is 22.3. The van der Waals surface area contributed by atoms with E-state index in [0.29, 0.717) is 5.56 Å². The van der Waals surface area contributed by atoms with Gasteiger partial charge in [0, 0.05) is 41.0 Å². The van der Waals surface area contributed by atoms with Crippen LogP contribution in [0.5, 0.6) is 0 Å². The van der Waals surface area contributed by atoms with E-state index in [9.17, 15) is 18.0 Å². The number of fused-ring (bicyclic) bond motifs is 1. The number of hydrogen-bond donors (Lipinski definition) is 2. The summed E-state index contributed by atoms with van der Waals surface area (Å²) in [6.45, 7) is 5.17. The average molecular weight is 557 g/mol. The summed E-state index contributed by atoms with van der Waals surface area (Å²) in [6.07, 6.45) is -4.49. The predicted octanol–water partition coefficient (Wildman–Crippen LogP) is 7.31. The van der Waals surface area contributed by atoms with Gasteiger partial charge in [0.15, 0.2) is 0 Å². The van der Waals surface area contributed by atoms with Gasteiger partial charge in [-0.2, -0.15) is 18.3 Å². The number of halogens is 3. The SMILES string of the molecule is Cc1ccc(C(=O)Nc2cccc(C(F)(F)F)c2)cc1-c1ccc2c(-c3ccc(N4CCOCC4)cc3)n[nH]c2c1. The first-order valence-electron chi connectivity index (χ1n) is 13.3. The minimum absolute atomic E-state index is 0.0799. The number of rotatable bonds is 5. The molecule has 1 fully saturated rings. The molecule has 0 bridgehead atoms. The molecule has 6 nitrogen and oxygen atoms in total. The third kappa shape index (κ3) is 5.53. The van der Waals surface area contributed by atoms with E-state index in [4.69, 9.17) is 4.74 Å². The van der Waals surface area contributed by atoms with Crippen LogP contribution in [0.25, 0.3) is 33.3 Å². The molecule has 41 heavy (non-hydrogen) atoms. The highest BCUT2D eigenvalue weighted by Gasteiger charge is 2.30. The molecule has 1 aliphatic heterocycles. The number of ether oxygens (including phenoxy) is 1. The van der Waals surface area contributed by atoms with Crippen molar-refractivity contribution in [1.29, 1.82) is 0 Å². The van der Waals surface area contributed by atoms with Crippen LogP contribution in [-0.4, -0.2) is 42.4 Å². The first kappa shape index (κ1) is 26.6. The number of anilines is 2. The first-order valence-corrected chi connectivity index (χ1v) is 13.3. The molecule has 1 aliphatic rings. The highest BCUT2D eigenvalue weighted by atomic mass is 19.4. The van der Waals surface area contributed by atoms with Gasteiger partial charge in [0.2, 0.25) is 0 Å². The van der Waals surface area contributed by atoms with Gasteiger partial charge in [0.25, 0.3) is 5.91 Å². The van der Waals surface area contributed by atoms with Crippen molar-refractivity contribution in [1.82, 2.24) is 10.2 Å². The van der Waals surface area contributed by atoms with Crippen LogP contribution in [0.15, 0.2) is 84.9 Å². The van der Waals surface area contributed by atoms with Crippen molar-refractivity contribution in [3.63, 3.8) is 0 Å². The number of aryl methyl sites for hydroxylation is 1. The molecule has 5 aromatic rings. The van der Waals surface area contributed by atoms with E-state index in [1.807, 2.05) is 31.2 Å². The second kappa shape index (κ2) is 10.7. The Bertz CT molecular complexity index is 1720. The molecule has 1 amide bonds. The molecule has 4 aromatic carbocycles. The fourth-order valence-corrected chi connectivity index (χ4v) is 5.11. The van der Waals surface area contributed by atoms with E-state index < -0.39 is 17.6 Å². The molecule has 6 rings (SSSR count). The number of morpholine rings is 1. The summed E-state index contributed by atoms with van der Waals surface area (Å²) >= 11 is 0. The molecule has 0 radical (unpaired) electrons. The largest absolute Gasteiger partial charge is 0.416 e. The van der Waals surface area contributed by atoms with Crippen LogP contribution in [0.1, 0.15) is 21.5 Å². The van der Waals surface area contributed by atoms with Gasteiger partial charge >= 0.3 is 6.18 Å². The quantitative estimate of drug-likeness (QED) is 0.238. The summed E-state index contributed by atoms with van der Waals surface area (Å²) in [4.78, 5) is 15.3. The Kier molecular flexibility index (Phi) is 6.96. The number of amides is 1. The van der Waals surface area contributed by atoms with Gasteiger partial charge in [-0.1, -0.05) is 30.3 Å². The summed E-state index contributed by atoms with van der Waals surface area (Å²) in [6, 6.07) is 24.2. The van der Waals surface area contributed by atoms with Crippen molar-refractivity contribution in [3.8, 4) is 22.4 Å². The third-order valence-electron chi connectivity index (χ3n) is 7.34. The highest BCUT2D eigenvalue weighted by molar-refractivity contribution is 6.05. The maximum Gasteiger partial charge on any atom is 0.416 e. The van der Waals surface area contributed by atoms with Crippen molar-refractivity contribution in [2.24, 2.45) is 0 Å². The van der Waals surface area contributed by atoms with Crippen LogP contribution >= 0.6 is 0 Å². The summed E-state index contributed by atoms with van der Waals surface area (Å²) in [7, 11) is 0. The number of alkyl halides is 3. The zero-order chi connectivity index (χ0) is 28.6. The first-order chi connectivity index (χ1) is 19.8. The van der Waals surface area contributed by atoms with Gasteiger partial charge < -0.3 is 15.0 Å². The van der Waals surface area contributed by atoms with Crippen molar-refractivity contribution >= 4 is 28.2 Å². The smallest absolute Gasteiger partial charge is 0.378 e. The minimum atomic E-state index is -4.49. The topological polar surface area (TPSA) is 70.2 Å². The zero-order valence-electron chi connectivity index (χ0n) is 22.3. The van der Waals surface area contributed by atoms with Gasteiger partial charge in [-0.25, -0.2) is 0 Å². The number of H-pyrrole nitrogens is 1. The molecule has 2 N–H and O–H groups in total. The van der Waals surface area contributed by atoms with Crippen molar-refractivity contribution in [2.45, 2.75) is 13.1 Å². The molecule has 0 aliphatic carbocycles. The molecular weight excluding hydrogens is 529 g/mol. The number of carbonyl (C=O) groups excluding carboxylic acids is 1. The molecular formula is C32H27F3N4O2. The second-order valence-corrected chi connectivity index (χ2v) is 10.0. The van der Waals surface area contributed by atoms with Crippen LogP contribution in [-0.2, 0) is 10.9 Å². The monoisotopic (exact) mass is 556 g/mol. The maximum absolute atomic E-state index is 13.1. The number of carbonyl (C=O) groups is 1. The Balaban J connectivity index is 1.24. The Hall–Kier alpha value is -4.63. The molecule has 0 spiro atoms. The molecule has 0 atom stereocenters. The average Bonchev–Trinajstić information content (AvgIpc) is 3.41. The molecule has 208 valence electrons. The number of hydrogen-bond acceptors (Lipinski definition) is 4. The Morgan fingerprint density at radius 2 is 1.68 bits per heavy atom. The molecule has 0 unspecified atom stereocenters. The number of nitrogens with zero attached hydrogens (tertiary/aromatic N) is 2. The van der Waals surface area contributed by atoms with Gasteiger partial charge in [-0.3, -0.25) is 9.89 Å². The Morgan fingerprint density at radius 1 is 0.927 bits per heavy atom.